The lowest BCUT2D eigenvalue weighted by Crippen LogP contribution is -2.34. The molecule has 0 radical (unpaired) electrons. The van der Waals surface area contributed by atoms with Crippen LogP contribution in [-0.4, -0.2) is 33.5 Å². The molecule has 1 N–H and O–H groups in total. The summed E-state index contributed by atoms with van der Waals surface area (Å²) in [5.74, 6) is 0. The zero-order chi connectivity index (χ0) is 10.0. The first kappa shape index (κ1) is 10.0. The minimum absolute atomic E-state index is 0.0876. The molecule has 0 saturated carbocycles. The molecule has 0 spiro atoms. The van der Waals surface area contributed by atoms with E-state index in [4.69, 9.17) is 4.74 Å². The lowest BCUT2D eigenvalue weighted by atomic mass is 9.96. The molecule has 14 heavy (non-hydrogen) atoms. The second kappa shape index (κ2) is 3.92. The molecule has 1 aromatic rings. The molecule has 4 nitrogen and oxygen atoms in total. The van der Waals surface area contributed by atoms with Crippen LogP contribution in [0, 0.1) is 6.92 Å². The molecular formula is C9H14N2O2S. The summed E-state index contributed by atoms with van der Waals surface area (Å²) in [7, 11) is 0. The third-order valence-corrected chi connectivity index (χ3v) is 3.52. The van der Waals surface area contributed by atoms with Crippen LogP contribution in [-0.2, 0) is 11.2 Å². The highest BCUT2D eigenvalue weighted by molar-refractivity contribution is 7.05. The monoisotopic (exact) mass is 214 g/mol. The Balaban J connectivity index is 2.12. The molecule has 1 saturated heterocycles. The molecule has 1 atom stereocenters. The number of nitrogens with zero attached hydrogens (tertiary/aromatic N) is 2. The van der Waals surface area contributed by atoms with Gasteiger partial charge in [-0.05, 0) is 31.3 Å². The molecule has 2 rings (SSSR count). The first-order valence-corrected chi connectivity index (χ1v) is 5.56. The zero-order valence-electron chi connectivity index (χ0n) is 8.19. The fourth-order valence-electron chi connectivity index (χ4n) is 1.78. The molecule has 1 aliphatic heterocycles. The van der Waals surface area contributed by atoms with Crippen LogP contribution in [0.4, 0.5) is 0 Å². The van der Waals surface area contributed by atoms with Crippen LogP contribution < -0.4 is 0 Å². The Morgan fingerprint density at radius 3 is 3.00 bits per heavy atom. The number of hydrogen-bond donors (Lipinski definition) is 1. The quantitative estimate of drug-likeness (QED) is 0.813. The Morgan fingerprint density at radius 1 is 1.64 bits per heavy atom. The second-order valence-corrected chi connectivity index (χ2v) is 4.59. The van der Waals surface area contributed by atoms with Crippen molar-refractivity contribution in [1.82, 2.24) is 9.59 Å². The van der Waals surface area contributed by atoms with Gasteiger partial charge in [0.25, 0.3) is 0 Å². The number of aryl methyl sites for hydroxylation is 1. The van der Waals surface area contributed by atoms with Crippen LogP contribution in [0.15, 0.2) is 0 Å². The Morgan fingerprint density at radius 2 is 2.50 bits per heavy atom. The van der Waals surface area contributed by atoms with Crippen molar-refractivity contribution in [2.75, 3.05) is 13.2 Å². The summed E-state index contributed by atoms with van der Waals surface area (Å²) in [6.07, 6.45) is 2.71. The van der Waals surface area contributed by atoms with Crippen molar-refractivity contribution in [2.24, 2.45) is 0 Å². The third-order valence-electron chi connectivity index (χ3n) is 2.70. The molecule has 1 fully saturated rings. The van der Waals surface area contributed by atoms with E-state index in [0.717, 1.165) is 36.4 Å². The van der Waals surface area contributed by atoms with Crippen molar-refractivity contribution in [2.45, 2.75) is 31.8 Å². The first-order valence-electron chi connectivity index (χ1n) is 4.78. The van der Waals surface area contributed by atoms with E-state index < -0.39 is 0 Å². The summed E-state index contributed by atoms with van der Waals surface area (Å²) >= 11 is 1.40. The van der Waals surface area contributed by atoms with Crippen molar-refractivity contribution < 1.29 is 9.84 Å². The van der Waals surface area contributed by atoms with Crippen LogP contribution >= 0.6 is 11.5 Å². The molecule has 1 aromatic heterocycles. The van der Waals surface area contributed by atoms with E-state index in [2.05, 4.69) is 9.59 Å². The van der Waals surface area contributed by atoms with Gasteiger partial charge < -0.3 is 9.84 Å². The van der Waals surface area contributed by atoms with Gasteiger partial charge in [0, 0.05) is 13.0 Å². The maximum Gasteiger partial charge on any atom is 0.0962 e. The lowest BCUT2D eigenvalue weighted by Gasteiger charge is -2.24. The van der Waals surface area contributed by atoms with Crippen LogP contribution in [0.25, 0.3) is 0 Å². The van der Waals surface area contributed by atoms with Crippen LogP contribution in [0.3, 0.4) is 0 Å². The van der Waals surface area contributed by atoms with Gasteiger partial charge in [0.1, 0.15) is 0 Å². The molecular weight excluding hydrogens is 200 g/mol. The number of aromatic nitrogens is 2. The maximum absolute atomic E-state index is 9.35. The number of rotatable bonds is 3. The molecule has 0 aliphatic carbocycles. The average molecular weight is 214 g/mol. The summed E-state index contributed by atoms with van der Waals surface area (Å²) in [6.45, 7) is 2.79. The van der Waals surface area contributed by atoms with Gasteiger partial charge in [0.05, 0.1) is 22.8 Å². The summed E-state index contributed by atoms with van der Waals surface area (Å²) in [5.41, 5.74) is 0.595. The molecule has 0 bridgehead atoms. The average Bonchev–Trinajstić information content (AvgIpc) is 2.79. The minimum Gasteiger partial charge on any atom is -0.393 e. The molecule has 2 heterocycles. The number of ether oxygens (including phenoxy) is 1. The minimum atomic E-state index is -0.362. The van der Waals surface area contributed by atoms with Gasteiger partial charge in [-0.1, -0.05) is 4.49 Å². The van der Waals surface area contributed by atoms with E-state index in [9.17, 15) is 5.11 Å². The van der Waals surface area contributed by atoms with Crippen LogP contribution in [0.2, 0.25) is 0 Å². The van der Waals surface area contributed by atoms with E-state index in [1.165, 1.54) is 11.5 Å². The predicted octanol–water partition coefficient (Wildman–Crippen LogP) is 0.931. The first-order chi connectivity index (χ1) is 6.76. The van der Waals surface area contributed by atoms with Gasteiger partial charge >= 0.3 is 0 Å². The normalized spacial score (nSPS) is 27.0. The molecule has 78 valence electrons. The Labute approximate surface area is 87.1 Å². The highest BCUT2D eigenvalue weighted by atomic mass is 32.1. The molecule has 5 heteroatoms. The van der Waals surface area contributed by atoms with Crippen molar-refractivity contribution >= 4 is 11.5 Å². The molecule has 1 unspecified atom stereocenters. The SMILES string of the molecule is Cc1nnsc1CC1(CO)CCCO1. The Kier molecular flexibility index (Phi) is 2.80. The summed E-state index contributed by atoms with van der Waals surface area (Å²) in [4.78, 5) is 1.13. The van der Waals surface area contributed by atoms with Gasteiger partial charge in [0.2, 0.25) is 0 Å². The second-order valence-electron chi connectivity index (χ2n) is 3.75. The van der Waals surface area contributed by atoms with E-state index in [-0.39, 0.29) is 12.2 Å². The van der Waals surface area contributed by atoms with E-state index in [1.54, 1.807) is 0 Å². The van der Waals surface area contributed by atoms with Gasteiger partial charge in [-0.2, -0.15) is 0 Å². The maximum atomic E-state index is 9.35. The fourth-order valence-corrected chi connectivity index (χ4v) is 2.54. The van der Waals surface area contributed by atoms with Gasteiger partial charge in [0.15, 0.2) is 0 Å². The van der Waals surface area contributed by atoms with Crippen molar-refractivity contribution in [3.05, 3.63) is 10.6 Å². The van der Waals surface area contributed by atoms with E-state index in [0.29, 0.717) is 0 Å². The highest BCUT2D eigenvalue weighted by Crippen LogP contribution is 2.30. The van der Waals surface area contributed by atoms with Crippen LogP contribution in [0.1, 0.15) is 23.4 Å². The smallest absolute Gasteiger partial charge is 0.0962 e. The van der Waals surface area contributed by atoms with Crippen LogP contribution in [0.5, 0.6) is 0 Å². The van der Waals surface area contributed by atoms with Gasteiger partial charge in [-0.3, -0.25) is 0 Å². The van der Waals surface area contributed by atoms with Crippen molar-refractivity contribution in [1.29, 1.82) is 0 Å². The summed E-state index contributed by atoms with van der Waals surface area (Å²) in [6, 6.07) is 0. The number of aliphatic hydroxyl groups is 1. The molecule has 0 amide bonds. The highest BCUT2D eigenvalue weighted by Gasteiger charge is 2.35. The number of aliphatic hydroxyl groups excluding tert-OH is 1. The number of hydrogen-bond acceptors (Lipinski definition) is 5. The lowest BCUT2D eigenvalue weighted by molar-refractivity contribution is -0.0372. The summed E-state index contributed by atoms with van der Waals surface area (Å²) < 4.78 is 9.50. The van der Waals surface area contributed by atoms with E-state index in [1.807, 2.05) is 6.92 Å². The molecule has 1 aliphatic rings. The largest absolute Gasteiger partial charge is 0.393 e. The van der Waals surface area contributed by atoms with Crippen molar-refractivity contribution in [3.63, 3.8) is 0 Å². The fraction of sp³-hybridized carbons (Fsp3) is 0.778. The predicted molar refractivity (Wildman–Crippen MR) is 53.4 cm³/mol. The van der Waals surface area contributed by atoms with E-state index >= 15 is 0 Å². The topological polar surface area (TPSA) is 55.2 Å². The summed E-state index contributed by atoms with van der Waals surface area (Å²) in [5, 5.41) is 13.3. The van der Waals surface area contributed by atoms with Crippen molar-refractivity contribution in [3.8, 4) is 0 Å². The zero-order valence-corrected chi connectivity index (χ0v) is 9.01. The standard InChI is InChI=1S/C9H14N2O2S/c1-7-8(14-11-10-7)5-9(6-12)3-2-4-13-9/h12H,2-6H2,1H3. The molecule has 0 aromatic carbocycles. The Bertz CT molecular complexity index is 308. The van der Waals surface area contributed by atoms with Gasteiger partial charge in [-0.15, -0.1) is 5.10 Å². The Hall–Kier alpha value is -0.520. The third kappa shape index (κ3) is 1.80. The van der Waals surface area contributed by atoms with Gasteiger partial charge in [-0.25, -0.2) is 0 Å².